The minimum atomic E-state index is -0.361. The summed E-state index contributed by atoms with van der Waals surface area (Å²) in [7, 11) is 1.70. The second-order valence-corrected chi connectivity index (χ2v) is 6.31. The predicted molar refractivity (Wildman–Crippen MR) is 66.1 cm³/mol. The maximum absolute atomic E-state index is 10.5. The summed E-state index contributed by atoms with van der Waals surface area (Å²) in [6, 6.07) is 0. The molecule has 1 spiro atoms. The van der Waals surface area contributed by atoms with Crippen LogP contribution in [0.5, 0.6) is 0 Å². The highest BCUT2D eigenvalue weighted by atomic mass is 16.7. The molecule has 1 N–H and O–H groups in total. The molecule has 1 aliphatic heterocycles. The Bertz CT molecular complexity index is 313. The number of methoxy groups -OCH3 is 1. The normalized spacial score (nSPS) is 47.2. The fraction of sp³-hybridized carbons (Fsp3) is 1.00. The van der Waals surface area contributed by atoms with E-state index in [0.717, 1.165) is 32.1 Å². The Morgan fingerprint density at radius 1 is 1.17 bits per heavy atom. The first-order chi connectivity index (χ1) is 8.60. The summed E-state index contributed by atoms with van der Waals surface area (Å²) in [6.45, 7) is 3.63. The first-order valence-electron chi connectivity index (χ1n) is 7.08. The monoisotopic (exact) mass is 256 g/mol. The summed E-state index contributed by atoms with van der Waals surface area (Å²) < 4.78 is 17.1. The Morgan fingerprint density at radius 2 is 1.89 bits per heavy atom. The van der Waals surface area contributed by atoms with Crippen LogP contribution in [0.4, 0.5) is 0 Å². The minimum absolute atomic E-state index is 0.00860. The van der Waals surface area contributed by atoms with Gasteiger partial charge in [0.1, 0.15) is 0 Å². The fourth-order valence-electron chi connectivity index (χ4n) is 4.15. The lowest BCUT2D eigenvalue weighted by molar-refractivity contribution is -0.236. The fourth-order valence-corrected chi connectivity index (χ4v) is 4.15. The molecule has 3 aliphatic rings. The Kier molecular flexibility index (Phi) is 3.17. The minimum Gasteiger partial charge on any atom is -0.390 e. The molecular formula is C14H24O4. The molecule has 104 valence electrons. The largest absolute Gasteiger partial charge is 0.390 e. The van der Waals surface area contributed by atoms with Gasteiger partial charge in [-0.15, -0.1) is 0 Å². The molecule has 3 fully saturated rings. The standard InChI is InChI=1S/C14H24O4/c1-13-5-6-14(17-7-8-18-14)9-10(13)3-4-11(16-2)12(13)15/h10-12,15H,3-9H2,1-2H3/t10-,11-,12-,13-/m0/s1. The van der Waals surface area contributed by atoms with E-state index in [0.29, 0.717) is 19.1 Å². The molecule has 2 saturated carbocycles. The van der Waals surface area contributed by atoms with Crippen molar-refractivity contribution in [3.05, 3.63) is 0 Å². The molecule has 4 nitrogen and oxygen atoms in total. The van der Waals surface area contributed by atoms with Crippen LogP contribution in [-0.2, 0) is 14.2 Å². The van der Waals surface area contributed by atoms with Crippen molar-refractivity contribution in [1.29, 1.82) is 0 Å². The molecule has 4 heteroatoms. The number of ether oxygens (including phenoxy) is 3. The number of aliphatic hydroxyl groups excluding tert-OH is 1. The molecule has 0 bridgehead atoms. The van der Waals surface area contributed by atoms with Crippen LogP contribution in [0.1, 0.15) is 39.0 Å². The molecule has 0 aromatic carbocycles. The molecule has 1 heterocycles. The lowest BCUT2D eigenvalue weighted by Crippen LogP contribution is -2.56. The van der Waals surface area contributed by atoms with Crippen LogP contribution >= 0.6 is 0 Å². The number of hydrogen-bond acceptors (Lipinski definition) is 4. The van der Waals surface area contributed by atoms with Crippen molar-refractivity contribution in [1.82, 2.24) is 0 Å². The van der Waals surface area contributed by atoms with Gasteiger partial charge in [-0.05, 0) is 30.6 Å². The Hall–Kier alpha value is -0.160. The van der Waals surface area contributed by atoms with Crippen LogP contribution < -0.4 is 0 Å². The zero-order valence-electron chi connectivity index (χ0n) is 11.4. The number of rotatable bonds is 1. The predicted octanol–water partition coefficient (Wildman–Crippen LogP) is 1.71. The van der Waals surface area contributed by atoms with Crippen molar-refractivity contribution >= 4 is 0 Å². The molecule has 18 heavy (non-hydrogen) atoms. The number of fused-ring (bicyclic) bond motifs is 1. The van der Waals surface area contributed by atoms with Gasteiger partial charge in [0.25, 0.3) is 0 Å². The molecule has 0 amide bonds. The molecule has 0 radical (unpaired) electrons. The van der Waals surface area contributed by atoms with Crippen LogP contribution in [0.3, 0.4) is 0 Å². The third-order valence-electron chi connectivity index (χ3n) is 5.48. The van der Waals surface area contributed by atoms with Crippen molar-refractivity contribution in [3.63, 3.8) is 0 Å². The molecule has 2 aliphatic carbocycles. The highest BCUT2D eigenvalue weighted by Gasteiger charge is 2.55. The van der Waals surface area contributed by atoms with E-state index in [1.54, 1.807) is 7.11 Å². The second kappa shape index (κ2) is 4.44. The number of hydrogen-bond donors (Lipinski definition) is 1. The summed E-state index contributed by atoms with van der Waals surface area (Å²) in [6.07, 6.45) is 4.45. The van der Waals surface area contributed by atoms with E-state index < -0.39 is 0 Å². The molecule has 0 unspecified atom stereocenters. The summed E-state index contributed by atoms with van der Waals surface area (Å²) in [5.74, 6) is 0.134. The Labute approximate surface area is 109 Å². The van der Waals surface area contributed by atoms with Crippen molar-refractivity contribution in [2.45, 2.75) is 57.0 Å². The van der Waals surface area contributed by atoms with Crippen LogP contribution in [0.15, 0.2) is 0 Å². The molecular weight excluding hydrogens is 232 g/mol. The van der Waals surface area contributed by atoms with E-state index in [9.17, 15) is 5.11 Å². The average molecular weight is 256 g/mol. The molecule has 0 aromatic heterocycles. The lowest BCUT2D eigenvalue weighted by Gasteiger charge is -2.54. The molecule has 4 atom stereocenters. The van der Waals surface area contributed by atoms with Crippen LogP contribution in [-0.4, -0.2) is 43.4 Å². The van der Waals surface area contributed by atoms with Gasteiger partial charge in [0, 0.05) is 20.0 Å². The van der Waals surface area contributed by atoms with Gasteiger partial charge in [-0.3, -0.25) is 0 Å². The Balaban J connectivity index is 1.78. The third-order valence-corrected chi connectivity index (χ3v) is 5.48. The van der Waals surface area contributed by atoms with E-state index in [1.165, 1.54) is 0 Å². The summed E-state index contributed by atoms with van der Waals surface area (Å²) in [5.41, 5.74) is -0.0422. The highest BCUT2D eigenvalue weighted by molar-refractivity contribution is 5.03. The van der Waals surface area contributed by atoms with Crippen molar-refractivity contribution in [2.75, 3.05) is 20.3 Å². The topological polar surface area (TPSA) is 47.9 Å². The maximum Gasteiger partial charge on any atom is 0.168 e. The first kappa shape index (κ1) is 12.9. The van der Waals surface area contributed by atoms with E-state index >= 15 is 0 Å². The van der Waals surface area contributed by atoms with Gasteiger partial charge < -0.3 is 19.3 Å². The zero-order chi connectivity index (χ0) is 12.8. The quantitative estimate of drug-likeness (QED) is 0.776. The number of aliphatic hydroxyl groups is 1. The van der Waals surface area contributed by atoms with Crippen LogP contribution in [0, 0.1) is 11.3 Å². The van der Waals surface area contributed by atoms with Crippen molar-refractivity contribution < 1.29 is 19.3 Å². The van der Waals surface area contributed by atoms with Crippen molar-refractivity contribution in [3.8, 4) is 0 Å². The van der Waals surface area contributed by atoms with Crippen molar-refractivity contribution in [2.24, 2.45) is 11.3 Å². The summed E-state index contributed by atoms with van der Waals surface area (Å²) in [5, 5.41) is 10.5. The highest BCUT2D eigenvalue weighted by Crippen LogP contribution is 2.55. The third kappa shape index (κ3) is 1.82. The molecule has 3 rings (SSSR count). The van der Waals surface area contributed by atoms with Gasteiger partial charge in [0.15, 0.2) is 5.79 Å². The summed E-state index contributed by atoms with van der Waals surface area (Å²) in [4.78, 5) is 0. The maximum atomic E-state index is 10.5. The van der Waals surface area contributed by atoms with E-state index in [2.05, 4.69) is 6.92 Å². The average Bonchev–Trinajstić information content (AvgIpc) is 2.82. The summed E-state index contributed by atoms with van der Waals surface area (Å²) >= 11 is 0. The lowest BCUT2D eigenvalue weighted by atomic mass is 9.57. The smallest absolute Gasteiger partial charge is 0.168 e. The van der Waals surface area contributed by atoms with Crippen LogP contribution in [0.25, 0.3) is 0 Å². The first-order valence-corrected chi connectivity index (χ1v) is 7.08. The molecule has 1 saturated heterocycles. The van der Waals surface area contributed by atoms with Gasteiger partial charge >= 0.3 is 0 Å². The van der Waals surface area contributed by atoms with Gasteiger partial charge in [-0.25, -0.2) is 0 Å². The zero-order valence-corrected chi connectivity index (χ0v) is 11.4. The SMILES string of the molecule is CO[C@H]1CC[C@H]2CC3(CC[C@]2(C)[C@H]1O)OCCO3. The van der Waals surface area contributed by atoms with Gasteiger partial charge in [-0.2, -0.15) is 0 Å². The van der Waals surface area contributed by atoms with Gasteiger partial charge in [0.2, 0.25) is 0 Å². The Morgan fingerprint density at radius 3 is 2.56 bits per heavy atom. The van der Waals surface area contributed by atoms with Gasteiger partial charge in [-0.1, -0.05) is 6.92 Å². The van der Waals surface area contributed by atoms with E-state index in [1.807, 2.05) is 0 Å². The van der Waals surface area contributed by atoms with Gasteiger partial charge in [0.05, 0.1) is 25.4 Å². The van der Waals surface area contributed by atoms with E-state index in [4.69, 9.17) is 14.2 Å². The van der Waals surface area contributed by atoms with Crippen LogP contribution in [0.2, 0.25) is 0 Å². The second-order valence-electron chi connectivity index (χ2n) is 6.31. The molecule has 0 aromatic rings. The van der Waals surface area contributed by atoms with E-state index in [-0.39, 0.29) is 23.4 Å².